The summed E-state index contributed by atoms with van der Waals surface area (Å²) < 4.78 is 0. The van der Waals surface area contributed by atoms with Crippen molar-refractivity contribution in [3.63, 3.8) is 0 Å². The van der Waals surface area contributed by atoms with Gasteiger partial charge in [0.05, 0.1) is 23.8 Å². The van der Waals surface area contributed by atoms with Crippen LogP contribution in [0, 0.1) is 0 Å². The number of amides is 1. The molecule has 0 aliphatic heterocycles. The van der Waals surface area contributed by atoms with Gasteiger partial charge >= 0.3 is 0 Å². The Labute approximate surface area is 165 Å². The first-order chi connectivity index (χ1) is 13.6. The van der Waals surface area contributed by atoms with Crippen LogP contribution in [0.25, 0.3) is 22.6 Å². The fourth-order valence-electron chi connectivity index (χ4n) is 2.62. The van der Waals surface area contributed by atoms with E-state index in [9.17, 15) is 9.90 Å². The predicted molar refractivity (Wildman–Crippen MR) is 106 cm³/mol. The quantitative estimate of drug-likeness (QED) is 0.485. The molecule has 0 saturated carbocycles. The van der Waals surface area contributed by atoms with E-state index in [2.05, 4.69) is 25.5 Å². The fourth-order valence-corrected chi connectivity index (χ4v) is 2.81. The third kappa shape index (κ3) is 3.84. The molecule has 0 spiro atoms. The maximum absolute atomic E-state index is 12.4. The lowest BCUT2D eigenvalue weighted by atomic mass is 10.1. The standard InChI is InChI=1S/C20H14ClN5O2/c21-14-5-1-3-12(7-14)17-9-18(26-25-17)20(28)24-15-10-22-19(23-11-15)13-4-2-6-16(27)8-13/h1-11,27H,(H,24,28)(H,25,26). The van der Waals surface area contributed by atoms with Crippen LogP contribution in [0.15, 0.2) is 67.0 Å². The summed E-state index contributed by atoms with van der Waals surface area (Å²) in [4.78, 5) is 20.9. The van der Waals surface area contributed by atoms with Crippen LogP contribution in [0.4, 0.5) is 5.69 Å². The molecule has 0 aliphatic carbocycles. The van der Waals surface area contributed by atoms with Gasteiger partial charge in [-0.15, -0.1) is 0 Å². The summed E-state index contributed by atoms with van der Waals surface area (Å²) in [7, 11) is 0. The number of rotatable bonds is 4. The number of H-pyrrole nitrogens is 1. The van der Waals surface area contributed by atoms with Crippen LogP contribution >= 0.6 is 11.6 Å². The van der Waals surface area contributed by atoms with Crippen molar-refractivity contribution in [2.24, 2.45) is 0 Å². The van der Waals surface area contributed by atoms with Gasteiger partial charge in [0.25, 0.3) is 5.91 Å². The van der Waals surface area contributed by atoms with Crippen LogP contribution in [0.3, 0.4) is 0 Å². The highest BCUT2D eigenvalue weighted by molar-refractivity contribution is 6.30. The van der Waals surface area contributed by atoms with Crippen LogP contribution in [-0.2, 0) is 0 Å². The second-order valence-electron chi connectivity index (χ2n) is 5.98. The number of nitrogens with one attached hydrogen (secondary N) is 2. The number of hydrogen-bond acceptors (Lipinski definition) is 5. The average Bonchev–Trinajstić information content (AvgIpc) is 3.19. The first-order valence-corrected chi connectivity index (χ1v) is 8.70. The van der Waals surface area contributed by atoms with E-state index in [0.717, 1.165) is 5.56 Å². The van der Waals surface area contributed by atoms with E-state index < -0.39 is 0 Å². The van der Waals surface area contributed by atoms with E-state index in [1.165, 1.54) is 12.4 Å². The molecule has 7 nitrogen and oxygen atoms in total. The molecular formula is C20H14ClN5O2. The maximum atomic E-state index is 12.4. The molecule has 0 atom stereocenters. The van der Waals surface area contributed by atoms with Crippen molar-refractivity contribution in [3.05, 3.63) is 77.7 Å². The van der Waals surface area contributed by atoms with Gasteiger partial charge in [0.2, 0.25) is 0 Å². The highest BCUT2D eigenvalue weighted by Crippen LogP contribution is 2.22. The van der Waals surface area contributed by atoms with Crippen LogP contribution in [0.2, 0.25) is 5.02 Å². The van der Waals surface area contributed by atoms with E-state index in [0.29, 0.717) is 33.5 Å². The molecule has 1 amide bonds. The third-order valence-corrected chi connectivity index (χ3v) is 4.19. The minimum absolute atomic E-state index is 0.133. The molecule has 4 aromatic rings. The summed E-state index contributed by atoms with van der Waals surface area (Å²) in [5.41, 5.74) is 2.84. The normalized spacial score (nSPS) is 10.6. The number of benzene rings is 2. The summed E-state index contributed by atoms with van der Waals surface area (Å²) in [5, 5.41) is 19.7. The van der Waals surface area contributed by atoms with Gasteiger partial charge in [0, 0.05) is 16.1 Å². The van der Waals surface area contributed by atoms with Gasteiger partial charge in [-0.3, -0.25) is 9.89 Å². The molecule has 0 unspecified atom stereocenters. The van der Waals surface area contributed by atoms with Crippen molar-refractivity contribution in [1.29, 1.82) is 0 Å². The lowest BCUT2D eigenvalue weighted by Gasteiger charge is -2.04. The fraction of sp³-hybridized carbons (Fsp3) is 0. The van der Waals surface area contributed by atoms with E-state index in [-0.39, 0.29) is 11.7 Å². The molecule has 2 aromatic carbocycles. The number of phenols is 1. The number of anilines is 1. The molecule has 4 rings (SSSR count). The largest absolute Gasteiger partial charge is 0.508 e. The number of aromatic hydroxyl groups is 1. The maximum Gasteiger partial charge on any atom is 0.273 e. The highest BCUT2D eigenvalue weighted by Gasteiger charge is 2.12. The summed E-state index contributed by atoms with van der Waals surface area (Å²) in [6.45, 7) is 0. The number of nitrogens with zero attached hydrogens (tertiary/aromatic N) is 3. The Morgan fingerprint density at radius 3 is 2.50 bits per heavy atom. The topological polar surface area (TPSA) is 104 Å². The van der Waals surface area contributed by atoms with Crippen molar-refractivity contribution in [2.75, 3.05) is 5.32 Å². The molecule has 2 heterocycles. The summed E-state index contributed by atoms with van der Waals surface area (Å²) in [5.74, 6) is 0.210. The molecule has 8 heteroatoms. The van der Waals surface area contributed by atoms with Crippen molar-refractivity contribution in [3.8, 4) is 28.4 Å². The zero-order chi connectivity index (χ0) is 19.5. The molecular weight excluding hydrogens is 378 g/mol. The average molecular weight is 392 g/mol. The molecule has 28 heavy (non-hydrogen) atoms. The van der Waals surface area contributed by atoms with E-state index in [4.69, 9.17) is 11.6 Å². The molecule has 0 fully saturated rings. The van der Waals surface area contributed by atoms with Gasteiger partial charge in [-0.2, -0.15) is 5.10 Å². The highest BCUT2D eigenvalue weighted by atomic mass is 35.5. The molecule has 0 saturated heterocycles. The van der Waals surface area contributed by atoms with Gasteiger partial charge in [0.1, 0.15) is 11.4 Å². The zero-order valence-electron chi connectivity index (χ0n) is 14.4. The van der Waals surface area contributed by atoms with Crippen LogP contribution in [0.5, 0.6) is 5.75 Å². The Morgan fingerprint density at radius 2 is 1.75 bits per heavy atom. The van der Waals surface area contributed by atoms with E-state index in [1.807, 2.05) is 12.1 Å². The number of halogens is 1. The van der Waals surface area contributed by atoms with Crippen molar-refractivity contribution in [2.45, 2.75) is 0 Å². The number of phenolic OH excluding ortho intramolecular Hbond substituents is 1. The lowest BCUT2D eigenvalue weighted by molar-refractivity contribution is 0.102. The molecule has 0 aliphatic rings. The van der Waals surface area contributed by atoms with E-state index >= 15 is 0 Å². The molecule has 2 aromatic heterocycles. The first kappa shape index (κ1) is 17.7. The van der Waals surface area contributed by atoms with Gasteiger partial charge in [-0.25, -0.2) is 9.97 Å². The Kier molecular flexibility index (Phi) is 4.74. The summed E-state index contributed by atoms with van der Waals surface area (Å²) in [6.07, 6.45) is 3.00. The van der Waals surface area contributed by atoms with Crippen molar-refractivity contribution in [1.82, 2.24) is 20.2 Å². The van der Waals surface area contributed by atoms with Crippen molar-refractivity contribution >= 4 is 23.2 Å². The molecule has 0 bridgehead atoms. The van der Waals surface area contributed by atoms with Gasteiger partial charge in [-0.1, -0.05) is 35.9 Å². The SMILES string of the molecule is O=C(Nc1cnc(-c2cccc(O)c2)nc1)c1cc(-c2cccc(Cl)c2)n[nH]1. The Bertz CT molecular complexity index is 1140. The number of aromatic nitrogens is 4. The minimum atomic E-state index is -0.366. The Hall–Kier alpha value is -3.71. The second-order valence-corrected chi connectivity index (χ2v) is 6.41. The van der Waals surface area contributed by atoms with Gasteiger partial charge in [0.15, 0.2) is 5.82 Å². The monoisotopic (exact) mass is 391 g/mol. The van der Waals surface area contributed by atoms with E-state index in [1.54, 1.807) is 42.5 Å². The van der Waals surface area contributed by atoms with Crippen LogP contribution in [-0.4, -0.2) is 31.2 Å². The molecule has 138 valence electrons. The summed E-state index contributed by atoms with van der Waals surface area (Å²) >= 11 is 5.99. The Morgan fingerprint density at radius 1 is 1.00 bits per heavy atom. The number of hydrogen-bond donors (Lipinski definition) is 3. The first-order valence-electron chi connectivity index (χ1n) is 8.32. The Balaban J connectivity index is 1.48. The smallest absolute Gasteiger partial charge is 0.273 e. The number of aromatic amines is 1. The minimum Gasteiger partial charge on any atom is -0.508 e. The summed E-state index contributed by atoms with van der Waals surface area (Å²) in [6, 6.07) is 15.5. The van der Waals surface area contributed by atoms with Crippen LogP contribution in [0.1, 0.15) is 10.5 Å². The van der Waals surface area contributed by atoms with Crippen LogP contribution < -0.4 is 5.32 Å². The molecule has 3 N–H and O–H groups in total. The predicted octanol–water partition coefficient (Wildman–Crippen LogP) is 4.15. The second kappa shape index (κ2) is 7.50. The molecule has 0 radical (unpaired) electrons. The third-order valence-electron chi connectivity index (χ3n) is 3.96. The van der Waals surface area contributed by atoms with Gasteiger partial charge < -0.3 is 10.4 Å². The van der Waals surface area contributed by atoms with Gasteiger partial charge in [-0.05, 0) is 30.3 Å². The number of carbonyl (C=O) groups is 1. The lowest BCUT2D eigenvalue weighted by Crippen LogP contribution is -2.12. The number of carbonyl (C=O) groups excluding carboxylic acids is 1. The van der Waals surface area contributed by atoms with Crippen molar-refractivity contribution < 1.29 is 9.90 Å². The zero-order valence-corrected chi connectivity index (χ0v) is 15.2.